The molecule has 1 fully saturated rings. The quantitative estimate of drug-likeness (QED) is 0.585. The zero-order chi connectivity index (χ0) is 24.0. The van der Waals surface area contributed by atoms with E-state index in [4.69, 9.17) is 14.2 Å². The topological polar surface area (TPSA) is 123 Å². The molecular formula is C23H25N3O7. The van der Waals surface area contributed by atoms with Crippen LogP contribution < -0.4 is 25.0 Å². The summed E-state index contributed by atoms with van der Waals surface area (Å²) in [5.74, 6) is -1.27. The van der Waals surface area contributed by atoms with Gasteiger partial charge < -0.3 is 29.7 Å². The Balaban J connectivity index is 1.53. The van der Waals surface area contributed by atoms with Crippen molar-refractivity contribution in [2.45, 2.75) is 13.3 Å². The Kier molecular flexibility index (Phi) is 7.50. The lowest BCUT2D eigenvalue weighted by Crippen LogP contribution is -2.28. The molecule has 2 aromatic carbocycles. The van der Waals surface area contributed by atoms with E-state index in [1.54, 1.807) is 42.5 Å². The fourth-order valence-electron chi connectivity index (χ4n) is 3.40. The number of hydrogen-bond acceptors (Lipinski definition) is 7. The predicted molar refractivity (Wildman–Crippen MR) is 120 cm³/mol. The van der Waals surface area contributed by atoms with Gasteiger partial charge in [-0.3, -0.25) is 19.2 Å². The van der Waals surface area contributed by atoms with Crippen molar-refractivity contribution in [3.63, 3.8) is 0 Å². The van der Waals surface area contributed by atoms with E-state index in [1.165, 1.54) is 26.0 Å². The Labute approximate surface area is 190 Å². The van der Waals surface area contributed by atoms with Crippen LogP contribution in [0.4, 0.5) is 17.1 Å². The van der Waals surface area contributed by atoms with Gasteiger partial charge in [0.2, 0.25) is 11.8 Å². The molecule has 33 heavy (non-hydrogen) atoms. The van der Waals surface area contributed by atoms with Crippen molar-refractivity contribution in [3.8, 4) is 11.5 Å². The van der Waals surface area contributed by atoms with E-state index in [2.05, 4.69) is 10.6 Å². The number of methoxy groups -OCH3 is 2. The van der Waals surface area contributed by atoms with Gasteiger partial charge in [-0.05, 0) is 36.4 Å². The van der Waals surface area contributed by atoms with Crippen LogP contribution in [-0.4, -0.2) is 51.1 Å². The summed E-state index contributed by atoms with van der Waals surface area (Å²) in [5, 5.41) is 5.22. The van der Waals surface area contributed by atoms with Gasteiger partial charge in [0.05, 0.1) is 25.8 Å². The van der Waals surface area contributed by atoms with Crippen LogP contribution in [0.25, 0.3) is 0 Å². The van der Waals surface area contributed by atoms with Crippen molar-refractivity contribution >= 4 is 40.8 Å². The van der Waals surface area contributed by atoms with Crippen LogP contribution in [0.3, 0.4) is 0 Å². The van der Waals surface area contributed by atoms with Crippen molar-refractivity contribution in [2.75, 3.05) is 42.9 Å². The predicted octanol–water partition coefficient (Wildman–Crippen LogP) is 2.20. The molecule has 1 aliphatic heterocycles. The van der Waals surface area contributed by atoms with Gasteiger partial charge in [-0.25, -0.2) is 0 Å². The van der Waals surface area contributed by atoms with Gasteiger partial charge in [0.15, 0.2) is 6.61 Å². The maximum absolute atomic E-state index is 12.5. The second-order valence-corrected chi connectivity index (χ2v) is 7.36. The van der Waals surface area contributed by atoms with Crippen molar-refractivity contribution < 1.29 is 33.4 Å². The summed E-state index contributed by atoms with van der Waals surface area (Å²) in [7, 11) is 3.01. The van der Waals surface area contributed by atoms with Gasteiger partial charge in [0.1, 0.15) is 11.5 Å². The highest BCUT2D eigenvalue weighted by molar-refractivity contribution is 6.01. The highest BCUT2D eigenvalue weighted by Gasteiger charge is 2.37. The third-order valence-electron chi connectivity index (χ3n) is 4.97. The number of esters is 1. The molecule has 0 unspecified atom stereocenters. The maximum atomic E-state index is 12.5. The summed E-state index contributed by atoms with van der Waals surface area (Å²) >= 11 is 0. The van der Waals surface area contributed by atoms with Gasteiger partial charge in [-0.1, -0.05) is 0 Å². The van der Waals surface area contributed by atoms with Crippen LogP contribution in [0, 0.1) is 5.92 Å². The third kappa shape index (κ3) is 6.00. The first-order chi connectivity index (χ1) is 15.8. The molecule has 0 aliphatic carbocycles. The lowest BCUT2D eigenvalue weighted by atomic mass is 10.1. The second-order valence-electron chi connectivity index (χ2n) is 7.36. The molecule has 1 saturated heterocycles. The molecule has 174 valence electrons. The van der Waals surface area contributed by atoms with Crippen LogP contribution in [0.1, 0.15) is 13.3 Å². The SMILES string of the molecule is COc1ccc(N2C[C@@H](C(=O)OCC(=O)Nc3ccc(NC(C)=O)cc3)CC2=O)c(OC)c1. The molecular weight excluding hydrogens is 430 g/mol. The number of ether oxygens (including phenoxy) is 3. The molecule has 0 spiro atoms. The van der Waals surface area contributed by atoms with E-state index in [9.17, 15) is 19.2 Å². The molecule has 2 aromatic rings. The van der Waals surface area contributed by atoms with E-state index in [1.807, 2.05) is 0 Å². The van der Waals surface area contributed by atoms with Gasteiger partial charge >= 0.3 is 5.97 Å². The monoisotopic (exact) mass is 455 g/mol. The molecule has 1 atom stereocenters. The smallest absolute Gasteiger partial charge is 0.311 e. The Morgan fingerprint density at radius 1 is 1.00 bits per heavy atom. The van der Waals surface area contributed by atoms with Gasteiger partial charge in [0.25, 0.3) is 5.91 Å². The molecule has 0 radical (unpaired) electrons. The molecule has 3 rings (SSSR count). The van der Waals surface area contributed by atoms with Crippen molar-refractivity contribution in [2.24, 2.45) is 5.92 Å². The summed E-state index contributed by atoms with van der Waals surface area (Å²) in [4.78, 5) is 49.6. The first kappa shape index (κ1) is 23.6. The largest absolute Gasteiger partial charge is 0.497 e. The molecule has 1 heterocycles. The van der Waals surface area contributed by atoms with Gasteiger partial charge in [0, 0.05) is 37.3 Å². The van der Waals surface area contributed by atoms with Crippen molar-refractivity contribution in [1.82, 2.24) is 0 Å². The Bertz CT molecular complexity index is 1050. The number of carbonyl (C=O) groups is 4. The highest BCUT2D eigenvalue weighted by Crippen LogP contribution is 2.36. The van der Waals surface area contributed by atoms with Gasteiger partial charge in [-0.2, -0.15) is 0 Å². The summed E-state index contributed by atoms with van der Waals surface area (Å²) in [6.45, 7) is 1.03. The van der Waals surface area contributed by atoms with Crippen LogP contribution >= 0.6 is 0 Å². The van der Waals surface area contributed by atoms with Crippen LogP contribution in [0.5, 0.6) is 11.5 Å². The van der Waals surface area contributed by atoms with Crippen LogP contribution in [0.2, 0.25) is 0 Å². The molecule has 0 bridgehead atoms. The summed E-state index contributed by atoms with van der Waals surface area (Å²) < 4.78 is 15.6. The van der Waals surface area contributed by atoms with E-state index in [0.29, 0.717) is 28.6 Å². The first-order valence-electron chi connectivity index (χ1n) is 10.2. The minimum atomic E-state index is -0.700. The number of nitrogens with zero attached hydrogens (tertiary/aromatic N) is 1. The lowest BCUT2D eigenvalue weighted by molar-refractivity contribution is -0.151. The molecule has 10 heteroatoms. The first-order valence-corrected chi connectivity index (χ1v) is 10.2. The second kappa shape index (κ2) is 10.5. The number of rotatable bonds is 8. The molecule has 0 saturated carbocycles. The minimum Gasteiger partial charge on any atom is -0.497 e. The van der Waals surface area contributed by atoms with E-state index < -0.39 is 24.4 Å². The highest BCUT2D eigenvalue weighted by atomic mass is 16.5. The third-order valence-corrected chi connectivity index (χ3v) is 4.97. The average molecular weight is 455 g/mol. The number of nitrogens with one attached hydrogen (secondary N) is 2. The number of anilines is 3. The minimum absolute atomic E-state index is 0.0275. The summed E-state index contributed by atoms with van der Waals surface area (Å²) in [6.07, 6.45) is -0.0275. The standard InChI is InChI=1S/C23H25N3O7/c1-14(27)24-16-4-6-17(7-5-16)25-21(28)13-33-23(30)15-10-22(29)26(12-15)19-9-8-18(31-2)11-20(19)32-3/h4-9,11,15H,10,12-13H2,1-3H3,(H,24,27)(H,25,28)/t15-/m0/s1. The Hall–Kier alpha value is -4.08. The van der Waals surface area contributed by atoms with Crippen molar-refractivity contribution in [1.29, 1.82) is 0 Å². The fourth-order valence-corrected chi connectivity index (χ4v) is 3.40. The van der Waals surface area contributed by atoms with E-state index in [-0.39, 0.29) is 24.8 Å². The number of benzene rings is 2. The Morgan fingerprint density at radius 3 is 2.27 bits per heavy atom. The normalized spacial score (nSPS) is 15.1. The van der Waals surface area contributed by atoms with Crippen molar-refractivity contribution in [3.05, 3.63) is 42.5 Å². The molecule has 0 aromatic heterocycles. The van der Waals surface area contributed by atoms with Crippen LogP contribution in [-0.2, 0) is 23.9 Å². The average Bonchev–Trinajstić information content (AvgIpc) is 3.19. The van der Waals surface area contributed by atoms with E-state index in [0.717, 1.165) is 0 Å². The summed E-state index contributed by atoms with van der Waals surface area (Å²) in [5.41, 5.74) is 1.61. The molecule has 2 N–H and O–H groups in total. The number of amides is 3. The summed E-state index contributed by atoms with van der Waals surface area (Å²) in [6, 6.07) is 11.5. The number of hydrogen-bond donors (Lipinski definition) is 2. The molecule has 10 nitrogen and oxygen atoms in total. The Morgan fingerprint density at radius 2 is 1.67 bits per heavy atom. The zero-order valence-electron chi connectivity index (χ0n) is 18.5. The zero-order valence-corrected chi connectivity index (χ0v) is 18.5. The fraction of sp³-hybridized carbons (Fsp3) is 0.304. The lowest BCUT2D eigenvalue weighted by Gasteiger charge is -2.20. The van der Waals surface area contributed by atoms with Gasteiger partial charge in [-0.15, -0.1) is 0 Å². The number of carbonyl (C=O) groups excluding carboxylic acids is 4. The van der Waals surface area contributed by atoms with Crippen LogP contribution in [0.15, 0.2) is 42.5 Å². The van der Waals surface area contributed by atoms with E-state index >= 15 is 0 Å². The molecule has 3 amide bonds. The maximum Gasteiger partial charge on any atom is 0.311 e. The molecule has 1 aliphatic rings.